The number of para-hydroxylation sites is 1. The van der Waals surface area contributed by atoms with E-state index in [9.17, 15) is 14.3 Å². The molecule has 2 aliphatic rings. The summed E-state index contributed by atoms with van der Waals surface area (Å²) in [6.07, 6.45) is 0.346. The van der Waals surface area contributed by atoms with E-state index in [1.807, 2.05) is 0 Å². The van der Waals surface area contributed by atoms with Gasteiger partial charge in [0.1, 0.15) is 17.0 Å². The highest BCUT2D eigenvalue weighted by molar-refractivity contribution is 5.95. The molecule has 1 aromatic carbocycles. The normalized spacial score (nSPS) is 24.8. The van der Waals surface area contributed by atoms with Gasteiger partial charge in [-0.15, -0.1) is 0 Å². The Morgan fingerprint density at radius 3 is 2.85 bits per heavy atom. The number of hydrogen-bond donors (Lipinski definition) is 1. The third kappa shape index (κ3) is 3.30. The zero-order valence-corrected chi connectivity index (χ0v) is 14.5. The molecule has 4 rings (SSSR count). The number of aliphatic hydroxyl groups excluding tert-OH is 1. The Bertz CT molecular complexity index is 816. The third-order valence-electron chi connectivity index (χ3n) is 5.20. The molecule has 0 aliphatic carbocycles. The van der Waals surface area contributed by atoms with Crippen LogP contribution in [0, 0.1) is 5.82 Å². The predicted molar refractivity (Wildman–Crippen MR) is 94.4 cm³/mol. The summed E-state index contributed by atoms with van der Waals surface area (Å²) in [5.41, 5.74) is 0.487. The van der Waals surface area contributed by atoms with Crippen LogP contribution in [0.2, 0.25) is 0 Å². The van der Waals surface area contributed by atoms with Gasteiger partial charge in [0.05, 0.1) is 25.4 Å². The number of ether oxygens (including phenoxy) is 1. The first kappa shape index (κ1) is 17.3. The van der Waals surface area contributed by atoms with Crippen LogP contribution in [0.1, 0.15) is 16.9 Å². The average Bonchev–Trinajstić information content (AvgIpc) is 2.93. The van der Waals surface area contributed by atoms with Crippen LogP contribution in [0.5, 0.6) is 0 Å². The molecule has 1 amide bonds. The van der Waals surface area contributed by atoms with Gasteiger partial charge in [-0.25, -0.2) is 9.37 Å². The van der Waals surface area contributed by atoms with E-state index in [-0.39, 0.29) is 23.2 Å². The number of carbonyl (C=O) groups is 1. The lowest BCUT2D eigenvalue weighted by atomic mass is 10.2. The van der Waals surface area contributed by atoms with Crippen LogP contribution in [0.15, 0.2) is 30.3 Å². The van der Waals surface area contributed by atoms with Gasteiger partial charge in [0, 0.05) is 31.6 Å². The first-order chi connectivity index (χ1) is 12.6. The molecule has 7 heteroatoms. The molecule has 0 radical (unpaired) electrons. The number of pyridine rings is 1. The van der Waals surface area contributed by atoms with E-state index >= 15 is 0 Å². The van der Waals surface area contributed by atoms with E-state index in [0.29, 0.717) is 38.2 Å². The van der Waals surface area contributed by atoms with E-state index in [2.05, 4.69) is 9.88 Å². The Kier molecular flexibility index (Phi) is 4.84. The second-order valence-electron chi connectivity index (χ2n) is 6.86. The molecule has 1 N–H and O–H groups in total. The van der Waals surface area contributed by atoms with Crippen molar-refractivity contribution in [3.05, 3.63) is 41.8 Å². The molecule has 2 aromatic rings. The number of rotatable bonds is 2. The van der Waals surface area contributed by atoms with Crippen LogP contribution < -0.4 is 0 Å². The van der Waals surface area contributed by atoms with Gasteiger partial charge < -0.3 is 14.7 Å². The molecule has 6 nitrogen and oxygen atoms in total. The van der Waals surface area contributed by atoms with Crippen molar-refractivity contribution in [3.8, 4) is 0 Å². The standard InChI is InChI=1S/C19H22FN3O3/c20-14-4-1-3-13-5-6-15(21-18(13)14)19(25)23-8-2-7-22(9-10-23)16-11-26-12-17(16)24/h1,3-6,16-17,24H,2,7-12H2/t16-,17-/m1/s1. The van der Waals surface area contributed by atoms with Crippen molar-refractivity contribution < 1.29 is 19.0 Å². The smallest absolute Gasteiger partial charge is 0.272 e. The number of amides is 1. The van der Waals surface area contributed by atoms with E-state index in [1.165, 1.54) is 6.07 Å². The third-order valence-corrected chi connectivity index (χ3v) is 5.20. The van der Waals surface area contributed by atoms with E-state index in [0.717, 1.165) is 13.0 Å². The van der Waals surface area contributed by atoms with Crippen LogP contribution in [-0.2, 0) is 4.74 Å². The molecule has 2 saturated heterocycles. The number of hydrogen-bond acceptors (Lipinski definition) is 5. The lowest BCUT2D eigenvalue weighted by Crippen LogP contribution is -2.45. The molecular formula is C19H22FN3O3. The summed E-state index contributed by atoms with van der Waals surface area (Å²) in [7, 11) is 0. The zero-order valence-electron chi connectivity index (χ0n) is 14.5. The minimum atomic E-state index is -0.470. The molecule has 0 saturated carbocycles. The van der Waals surface area contributed by atoms with Gasteiger partial charge in [-0.1, -0.05) is 18.2 Å². The molecule has 0 unspecified atom stereocenters. The minimum absolute atomic E-state index is 0.00191. The number of fused-ring (bicyclic) bond motifs is 1. The SMILES string of the molecule is O=C(c1ccc2cccc(F)c2n1)N1CCCN([C@@H]2COC[C@H]2O)CC1. The van der Waals surface area contributed by atoms with Crippen LogP contribution in [0.3, 0.4) is 0 Å². The van der Waals surface area contributed by atoms with Crippen LogP contribution in [0.4, 0.5) is 4.39 Å². The van der Waals surface area contributed by atoms with E-state index in [1.54, 1.807) is 29.2 Å². The van der Waals surface area contributed by atoms with Gasteiger partial charge in [-0.3, -0.25) is 9.69 Å². The van der Waals surface area contributed by atoms with Gasteiger partial charge in [0.15, 0.2) is 0 Å². The molecule has 138 valence electrons. The highest BCUT2D eigenvalue weighted by atomic mass is 19.1. The Hall–Kier alpha value is -2.09. The Balaban J connectivity index is 1.49. The summed E-state index contributed by atoms with van der Waals surface area (Å²) in [6, 6.07) is 8.14. The number of nitrogens with zero attached hydrogens (tertiary/aromatic N) is 3. The van der Waals surface area contributed by atoms with Crippen LogP contribution in [0.25, 0.3) is 10.9 Å². The van der Waals surface area contributed by atoms with Crippen molar-refractivity contribution in [3.63, 3.8) is 0 Å². The largest absolute Gasteiger partial charge is 0.389 e. The highest BCUT2D eigenvalue weighted by Gasteiger charge is 2.33. The summed E-state index contributed by atoms with van der Waals surface area (Å²) in [5, 5.41) is 10.7. The molecule has 2 atom stereocenters. The van der Waals surface area contributed by atoms with Gasteiger partial charge in [0.25, 0.3) is 5.91 Å². The maximum atomic E-state index is 14.0. The topological polar surface area (TPSA) is 65.9 Å². The molecule has 26 heavy (non-hydrogen) atoms. The number of aliphatic hydroxyl groups is 1. The summed E-state index contributed by atoms with van der Waals surface area (Å²) in [4.78, 5) is 21.1. The fourth-order valence-corrected chi connectivity index (χ4v) is 3.74. The fraction of sp³-hybridized carbons (Fsp3) is 0.474. The fourth-order valence-electron chi connectivity index (χ4n) is 3.74. The Labute approximate surface area is 151 Å². The van der Waals surface area contributed by atoms with Crippen molar-refractivity contribution in [2.24, 2.45) is 0 Å². The molecule has 3 heterocycles. The zero-order chi connectivity index (χ0) is 18.1. The first-order valence-electron chi connectivity index (χ1n) is 8.98. The van der Waals surface area contributed by atoms with Gasteiger partial charge in [-0.2, -0.15) is 0 Å². The molecular weight excluding hydrogens is 337 g/mol. The van der Waals surface area contributed by atoms with E-state index < -0.39 is 11.9 Å². The quantitative estimate of drug-likeness (QED) is 0.875. The Morgan fingerprint density at radius 2 is 2.04 bits per heavy atom. The number of aromatic nitrogens is 1. The molecule has 0 spiro atoms. The second kappa shape index (κ2) is 7.26. The van der Waals surface area contributed by atoms with Crippen molar-refractivity contribution >= 4 is 16.8 Å². The predicted octanol–water partition coefficient (Wildman–Crippen LogP) is 1.28. The van der Waals surface area contributed by atoms with Gasteiger partial charge >= 0.3 is 0 Å². The molecule has 1 aromatic heterocycles. The lowest BCUT2D eigenvalue weighted by Gasteiger charge is -2.28. The van der Waals surface area contributed by atoms with Crippen LogP contribution >= 0.6 is 0 Å². The number of benzene rings is 1. The Morgan fingerprint density at radius 1 is 1.15 bits per heavy atom. The summed E-state index contributed by atoms with van der Waals surface area (Å²) in [6.45, 7) is 3.57. The lowest BCUT2D eigenvalue weighted by molar-refractivity contribution is 0.0720. The van der Waals surface area contributed by atoms with Crippen LogP contribution in [-0.4, -0.2) is 77.3 Å². The summed E-state index contributed by atoms with van der Waals surface area (Å²) in [5.74, 6) is -0.602. The highest BCUT2D eigenvalue weighted by Crippen LogP contribution is 2.19. The monoisotopic (exact) mass is 359 g/mol. The van der Waals surface area contributed by atoms with Crippen molar-refractivity contribution in [2.75, 3.05) is 39.4 Å². The summed E-state index contributed by atoms with van der Waals surface area (Å²) < 4.78 is 19.3. The molecule has 0 bridgehead atoms. The van der Waals surface area contributed by atoms with Crippen molar-refractivity contribution in [1.29, 1.82) is 0 Å². The van der Waals surface area contributed by atoms with Crippen molar-refractivity contribution in [2.45, 2.75) is 18.6 Å². The summed E-state index contributed by atoms with van der Waals surface area (Å²) >= 11 is 0. The first-order valence-corrected chi connectivity index (χ1v) is 8.98. The minimum Gasteiger partial charge on any atom is -0.389 e. The van der Waals surface area contributed by atoms with Crippen molar-refractivity contribution in [1.82, 2.24) is 14.8 Å². The average molecular weight is 359 g/mol. The van der Waals surface area contributed by atoms with E-state index in [4.69, 9.17) is 4.74 Å². The van der Waals surface area contributed by atoms with Gasteiger partial charge in [-0.05, 0) is 18.6 Å². The maximum Gasteiger partial charge on any atom is 0.272 e. The maximum absolute atomic E-state index is 14.0. The van der Waals surface area contributed by atoms with Gasteiger partial charge in [0.2, 0.25) is 0 Å². The molecule has 2 fully saturated rings. The number of halogens is 1. The second-order valence-corrected chi connectivity index (χ2v) is 6.86. The number of carbonyl (C=O) groups excluding carboxylic acids is 1. The molecule has 2 aliphatic heterocycles.